The van der Waals surface area contributed by atoms with Crippen LogP contribution in [0.1, 0.15) is 28.6 Å². The van der Waals surface area contributed by atoms with Gasteiger partial charge in [-0.2, -0.15) is 0 Å². The summed E-state index contributed by atoms with van der Waals surface area (Å²) in [5, 5.41) is 1.96. The van der Waals surface area contributed by atoms with Crippen molar-refractivity contribution in [3.8, 4) is 0 Å². The molecule has 0 aromatic carbocycles. The number of piperidine rings is 1. The summed E-state index contributed by atoms with van der Waals surface area (Å²) in [4.78, 5) is 15.0. The number of carbonyl (C=O) groups is 1. The molecule has 18 heavy (non-hydrogen) atoms. The van der Waals surface area contributed by atoms with Gasteiger partial charge in [0.15, 0.2) is 0 Å². The number of hydrogen-bond acceptors (Lipinski definition) is 2. The first-order valence-electron chi connectivity index (χ1n) is 6.30. The maximum absolute atomic E-state index is 12.2. The zero-order chi connectivity index (χ0) is 12.4. The second-order valence-electron chi connectivity index (χ2n) is 4.63. The minimum absolute atomic E-state index is 0.191. The number of nitrogens with zero attached hydrogens (tertiary/aromatic N) is 2. The summed E-state index contributed by atoms with van der Waals surface area (Å²) in [6, 6.07) is 8.51. The number of thiophene rings is 1. The molecule has 0 radical (unpaired) electrons. The average molecular weight is 260 g/mol. The van der Waals surface area contributed by atoms with Crippen molar-refractivity contribution in [3.63, 3.8) is 0 Å². The molecule has 0 atom stereocenters. The van der Waals surface area contributed by atoms with Gasteiger partial charge in [0.2, 0.25) is 0 Å². The lowest BCUT2D eigenvalue weighted by Gasteiger charge is -2.32. The van der Waals surface area contributed by atoms with Gasteiger partial charge in [-0.3, -0.25) is 4.79 Å². The second-order valence-corrected chi connectivity index (χ2v) is 5.58. The highest BCUT2D eigenvalue weighted by Gasteiger charge is 2.24. The molecule has 3 nitrogen and oxygen atoms in total. The Morgan fingerprint density at radius 1 is 1.17 bits per heavy atom. The van der Waals surface area contributed by atoms with E-state index in [0.29, 0.717) is 6.04 Å². The molecule has 1 aliphatic rings. The Bertz CT molecular complexity index is 496. The van der Waals surface area contributed by atoms with Crippen LogP contribution in [0.15, 0.2) is 42.0 Å². The van der Waals surface area contributed by atoms with E-state index in [1.54, 1.807) is 0 Å². The highest BCUT2D eigenvalue weighted by molar-refractivity contribution is 7.12. The lowest BCUT2D eigenvalue weighted by atomic mass is 10.0. The topological polar surface area (TPSA) is 25.2 Å². The normalized spacial score (nSPS) is 17.0. The first kappa shape index (κ1) is 11.5. The van der Waals surface area contributed by atoms with Gasteiger partial charge in [-0.25, -0.2) is 0 Å². The molecule has 0 bridgehead atoms. The standard InChI is InChI=1S/C14H16N2OS/c17-14(13-4-3-11-18-13)16-9-5-12(6-10-16)15-7-1-2-8-15/h1-4,7-8,11-12H,5-6,9-10H2. The molecule has 2 aromatic rings. The molecule has 1 saturated heterocycles. The van der Waals surface area contributed by atoms with E-state index in [0.717, 1.165) is 30.8 Å². The first-order chi connectivity index (χ1) is 8.84. The van der Waals surface area contributed by atoms with Gasteiger partial charge in [-0.15, -0.1) is 11.3 Å². The number of carbonyl (C=O) groups excluding carboxylic acids is 1. The summed E-state index contributed by atoms with van der Waals surface area (Å²) in [5.41, 5.74) is 0. The van der Waals surface area contributed by atoms with E-state index in [4.69, 9.17) is 0 Å². The fourth-order valence-corrected chi connectivity index (χ4v) is 3.21. The Hall–Kier alpha value is -1.55. The van der Waals surface area contributed by atoms with Crippen LogP contribution in [0.25, 0.3) is 0 Å². The van der Waals surface area contributed by atoms with E-state index in [9.17, 15) is 4.79 Å². The third-order valence-electron chi connectivity index (χ3n) is 3.53. The molecule has 4 heteroatoms. The molecule has 0 aliphatic carbocycles. The van der Waals surface area contributed by atoms with Gasteiger partial charge >= 0.3 is 0 Å². The third-order valence-corrected chi connectivity index (χ3v) is 4.39. The zero-order valence-corrected chi connectivity index (χ0v) is 11.0. The highest BCUT2D eigenvalue weighted by Crippen LogP contribution is 2.24. The van der Waals surface area contributed by atoms with Crippen molar-refractivity contribution in [1.82, 2.24) is 9.47 Å². The van der Waals surface area contributed by atoms with Crippen molar-refractivity contribution in [2.45, 2.75) is 18.9 Å². The number of amides is 1. The molecule has 3 heterocycles. The fourth-order valence-electron chi connectivity index (χ4n) is 2.51. The summed E-state index contributed by atoms with van der Waals surface area (Å²) >= 11 is 1.53. The fraction of sp³-hybridized carbons (Fsp3) is 0.357. The van der Waals surface area contributed by atoms with E-state index < -0.39 is 0 Å². The van der Waals surface area contributed by atoms with E-state index in [-0.39, 0.29) is 5.91 Å². The Morgan fingerprint density at radius 3 is 2.50 bits per heavy atom. The first-order valence-corrected chi connectivity index (χ1v) is 7.18. The van der Waals surface area contributed by atoms with Gasteiger partial charge in [0, 0.05) is 31.5 Å². The zero-order valence-electron chi connectivity index (χ0n) is 10.2. The Labute approximate surface area is 111 Å². The average Bonchev–Trinajstić information content (AvgIpc) is 3.11. The van der Waals surface area contributed by atoms with Crippen LogP contribution >= 0.6 is 11.3 Å². The molecular formula is C14H16N2OS. The summed E-state index contributed by atoms with van der Waals surface area (Å²) in [6.07, 6.45) is 6.32. The molecule has 0 saturated carbocycles. The number of hydrogen-bond donors (Lipinski definition) is 0. The van der Waals surface area contributed by atoms with Gasteiger partial charge in [0.25, 0.3) is 5.91 Å². The lowest BCUT2D eigenvalue weighted by Crippen LogP contribution is -2.38. The van der Waals surface area contributed by atoms with Crippen LogP contribution in [0, 0.1) is 0 Å². The molecule has 3 rings (SSSR count). The van der Waals surface area contributed by atoms with Crippen LogP contribution in [0.3, 0.4) is 0 Å². The van der Waals surface area contributed by atoms with Gasteiger partial charge in [0.05, 0.1) is 4.88 Å². The Balaban J connectivity index is 1.62. The maximum Gasteiger partial charge on any atom is 0.263 e. The van der Waals surface area contributed by atoms with Crippen LogP contribution in [0.4, 0.5) is 0 Å². The summed E-state index contributed by atoms with van der Waals surface area (Å²) in [6.45, 7) is 1.72. The largest absolute Gasteiger partial charge is 0.351 e. The SMILES string of the molecule is O=C(c1cccs1)N1CCC(n2cccc2)CC1. The molecule has 1 aliphatic heterocycles. The second kappa shape index (κ2) is 4.98. The Kier molecular flexibility index (Phi) is 3.19. The van der Waals surface area contributed by atoms with E-state index in [2.05, 4.69) is 29.1 Å². The van der Waals surface area contributed by atoms with Crippen LogP contribution in [-0.2, 0) is 0 Å². The third kappa shape index (κ3) is 2.20. The lowest BCUT2D eigenvalue weighted by molar-refractivity contribution is 0.0699. The van der Waals surface area contributed by atoms with Gasteiger partial charge < -0.3 is 9.47 Å². The van der Waals surface area contributed by atoms with Crippen LogP contribution in [0.2, 0.25) is 0 Å². The van der Waals surface area contributed by atoms with Crippen molar-refractivity contribution in [2.24, 2.45) is 0 Å². The summed E-state index contributed by atoms with van der Waals surface area (Å²) < 4.78 is 2.26. The molecule has 0 unspecified atom stereocenters. The van der Waals surface area contributed by atoms with Crippen LogP contribution in [0.5, 0.6) is 0 Å². The molecule has 0 N–H and O–H groups in total. The number of likely N-dealkylation sites (tertiary alicyclic amines) is 1. The van der Waals surface area contributed by atoms with Crippen molar-refractivity contribution in [3.05, 3.63) is 46.9 Å². The predicted molar refractivity (Wildman–Crippen MR) is 72.9 cm³/mol. The van der Waals surface area contributed by atoms with Crippen molar-refractivity contribution >= 4 is 17.2 Å². The van der Waals surface area contributed by atoms with E-state index >= 15 is 0 Å². The number of rotatable bonds is 2. The molecule has 0 spiro atoms. The van der Waals surface area contributed by atoms with Crippen molar-refractivity contribution < 1.29 is 4.79 Å². The monoisotopic (exact) mass is 260 g/mol. The van der Waals surface area contributed by atoms with Crippen LogP contribution < -0.4 is 0 Å². The minimum atomic E-state index is 0.191. The predicted octanol–water partition coefficient (Wildman–Crippen LogP) is 3.03. The van der Waals surface area contributed by atoms with Gasteiger partial charge in [-0.1, -0.05) is 6.07 Å². The summed E-state index contributed by atoms with van der Waals surface area (Å²) in [7, 11) is 0. The van der Waals surface area contributed by atoms with E-state index in [1.807, 2.05) is 22.4 Å². The Morgan fingerprint density at radius 2 is 1.89 bits per heavy atom. The molecular weight excluding hydrogens is 244 g/mol. The molecule has 94 valence electrons. The van der Waals surface area contributed by atoms with Crippen molar-refractivity contribution in [1.29, 1.82) is 0 Å². The van der Waals surface area contributed by atoms with Gasteiger partial charge in [-0.05, 0) is 36.4 Å². The minimum Gasteiger partial charge on any atom is -0.351 e. The summed E-state index contributed by atoms with van der Waals surface area (Å²) in [5.74, 6) is 0.191. The smallest absolute Gasteiger partial charge is 0.263 e. The van der Waals surface area contributed by atoms with Crippen molar-refractivity contribution in [2.75, 3.05) is 13.1 Å². The molecule has 1 amide bonds. The molecule has 2 aromatic heterocycles. The van der Waals surface area contributed by atoms with Crippen LogP contribution in [-0.4, -0.2) is 28.5 Å². The molecule has 1 fully saturated rings. The van der Waals surface area contributed by atoms with Gasteiger partial charge in [0.1, 0.15) is 0 Å². The maximum atomic E-state index is 12.2. The van der Waals surface area contributed by atoms with E-state index in [1.165, 1.54) is 11.3 Å². The number of aromatic nitrogens is 1. The quantitative estimate of drug-likeness (QED) is 0.814. The highest BCUT2D eigenvalue weighted by atomic mass is 32.1.